The first-order chi connectivity index (χ1) is 15.9. The molecule has 0 saturated carbocycles. The molecule has 0 spiro atoms. The second kappa shape index (κ2) is 14.0. The maximum Gasteiger partial charge on any atom is 0.178 e. The van der Waals surface area contributed by atoms with Gasteiger partial charge in [0.25, 0.3) is 0 Å². The van der Waals surface area contributed by atoms with Gasteiger partial charge in [-0.25, -0.2) is 4.39 Å². The predicted molar refractivity (Wildman–Crippen MR) is 147 cm³/mol. The topological polar surface area (TPSA) is 67.5 Å². The number of nitrogens with two attached hydrogens (primary N) is 1. The summed E-state index contributed by atoms with van der Waals surface area (Å²) in [5.74, 6) is -1.24. The maximum atomic E-state index is 13.8. The van der Waals surface area contributed by atoms with Crippen molar-refractivity contribution in [2.75, 3.05) is 13.2 Å². The quantitative estimate of drug-likeness (QED) is 0.201. The van der Waals surface area contributed by atoms with Crippen LogP contribution in [0.4, 0.5) is 4.39 Å². The Morgan fingerprint density at radius 3 is 2.47 bits per heavy atom. The van der Waals surface area contributed by atoms with Crippen molar-refractivity contribution in [1.82, 2.24) is 5.32 Å². The highest BCUT2D eigenvalue weighted by Crippen LogP contribution is 2.35. The number of thioether (sulfide) groups is 1. The lowest BCUT2D eigenvalue weighted by molar-refractivity contribution is 0.104. The van der Waals surface area contributed by atoms with Gasteiger partial charge >= 0.3 is 0 Å². The minimum absolute atomic E-state index is 0.205. The number of benzene rings is 1. The van der Waals surface area contributed by atoms with Crippen LogP contribution in [0.25, 0.3) is 10.6 Å². The van der Waals surface area contributed by atoms with E-state index in [1.165, 1.54) is 6.92 Å². The van der Waals surface area contributed by atoms with Crippen molar-refractivity contribution in [1.29, 1.82) is 0 Å². The van der Waals surface area contributed by atoms with Crippen molar-refractivity contribution in [2.45, 2.75) is 52.9 Å². The molecule has 0 radical (unpaired) electrons. The summed E-state index contributed by atoms with van der Waals surface area (Å²) in [6, 6.07) is 5.80. The van der Waals surface area contributed by atoms with Crippen molar-refractivity contribution in [3.05, 3.63) is 89.4 Å². The third kappa shape index (κ3) is 10.2. The Kier molecular flexibility index (Phi) is 12.1. The van der Waals surface area contributed by atoms with Crippen LogP contribution < -0.4 is 15.8 Å². The lowest BCUT2D eigenvalue weighted by Crippen LogP contribution is -2.31. The molecular formula is C28H39FN2O2S. The molecule has 4 N–H and O–H groups in total. The van der Waals surface area contributed by atoms with E-state index in [9.17, 15) is 9.50 Å². The number of ether oxygens (including phenoxy) is 1. The van der Waals surface area contributed by atoms with E-state index in [4.69, 9.17) is 10.5 Å². The summed E-state index contributed by atoms with van der Waals surface area (Å²) >= 11 is 1.59. The average Bonchev–Trinajstić information content (AvgIpc) is 2.81. The van der Waals surface area contributed by atoms with Crippen LogP contribution >= 0.6 is 11.8 Å². The molecule has 0 heterocycles. The van der Waals surface area contributed by atoms with Crippen LogP contribution in [-0.2, 0) is 0 Å². The van der Waals surface area contributed by atoms with E-state index >= 15 is 0 Å². The Morgan fingerprint density at radius 1 is 1.26 bits per heavy atom. The number of allylic oxidation sites excluding steroid dienone is 4. The van der Waals surface area contributed by atoms with E-state index in [-0.39, 0.29) is 6.61 Å². The number of hydrogen-bond donors (Lipinski definition) is 3. The maximum absolute atomic E-state index is 13.8. The fourth-order valence-electron chi connectivity index (χ4n) is 2.54. The molecule has 34 heavy (non-hydrogen) atoms. The Bertz CT molecular complexity index is 971. The molecule has 0 saturated heterocycles. The van der Waals surface area contributed by atoms with Crippen molar-refractivity contribution in [2.24, 2.45) is 5.73 Å². The van der Waals surface area contributed by atoms with Gasteiger partial charge in [-0.15, -0.1) is 0 Å². The van der Waals surface area contributed by atoms with E-state index in [0.717, 1.165) is 26.5 Å². The molecule has 1 rings (SSSR count). The molecule has 6 heteroatoms. The fourth-order valence-corrected chi connectivity index (χ4v) is 3.29. The molecule has 0 bridgehead atoms. The van der Waals surface area contributed by atoms with E-state index < -0.39 is 11.9 Å². The lowest BCUT2D eigenvalue weighted by atomic mass is 10.1. The summed E-state index contributed by atoms with van der Waals surface area (Å²) < 4.78 is 19.7. The van der Waals surface area contributed by atoms with Crippen molar-refractivity contribution < 1.29 is 14.2 Å². The smallest absolute Gasteiger partial charge is 0.178 e. The summed E-state index contributed by atoms with van der Waals surface area (Å²) in [7, 11) is 0. The van der Waals surface area contributed by atoms with Crippen molar-refractivity contribution in [3.63, 3.8) is 0 Å². The molecule has 0 aliphatic carbocycles. The van der Waals surface area contributed by atoms with Gasteiger partial charge in [-0.05, 0) is 73.9 Å². The molecule has 0 aromatic heterocycles. The molecular weight excluding hydrogens is 447 g/mol. The molecule has 0 aliphatic heterocycles. The van der Waals surface area contributed by atoms with Crippen LogP contribution in [0.15, 0.2) is 78.3 Å². The van der Waals surface area contributed by atoms with Gasteiger partial charge < -0.3 is 15.2 Å². The number of aliphatic hydroxyl groups excluding tert-OH is 1. The summed E-state index contributed by atoms with van der Waals surface area (Å²) in [6.45, 7) is 21.8. The van der Waals surface area contributed by atoms with Gasteiger partial charge in [0, 0.05) is 22.7 Å². The Morgan fingerprint density at radius 2 is 1.91 bits per heavy atom. The monoisotopic (exact) mass is 486 g/mol. The van der Waals surface area contributed by atoms with E-state index in [2.05, 4.69) is 25.1 Å². The summed E-state index contributed by atoms with van der Waals surface area (Å²) in [5.41, 5.74) is 9.20. The zero-order valence-corrected chi connectivity index (χ0v) is 21.9. The van der Waals surface area contributed by atoms with Gasteiger partial charge in [-0.3, -0.25) is 5.73 Å². The number of rotatable bonds is 14. The lowest BCUT2D eigenvalue weighted by Gasteiger charge is -2.17. The predicted octanol–water partition coefficient (Wildman–Crippen LogP) is 6.73. The first-order valence-corrected chi connectivity index (χ1v) is 12.1. The van der Waals surface area contributed by atoms with Gasteiger partial charge in [-0.1, -0.05) is 62.7 Å². The minimum Gasteiger partial charge on any atom is -0.491 e. The van der Waals surface area contributed by atoms with E-state index in [1.54, 1.807) is 36.9 Å². The average molecular weight is 487 g/mol. The van der Waals surface area contributed by atoms with Gasteiger partial charge in [0.05, 0.1) is 6.10 Å². The highest BCUT2D eigenvalue weighted by Gasteiger charge is 2.17. The molecule has 0 aliphatic rings. The Labute approximate surface area is 208 Å². The van der Waals surface area contributed by atoms with Crippen molar-refractivity contribution >= 4 is 22.4 Å². The Balaban J connectivity index is 3.13. The molecule has 1 unspecified atom stereocenters. The fraction of sp³-hybridized carbons (Fsp3) is 0.357. The molecule has 4 nitrogen and oxygen atoms in total. The van der Waals surface area contributed by atoms with E-state index in [0.29, 0.717) is 30.0 Å². The molecule has 1 aromatic rings. The number of aliphatic hydroxyl groups is 1. The molecule has 0 fully saturated rings. The van der Waals surface area contributed by atoms with Gasteiger partial charge in [0.2, 0.25) is 0 Å². The van der Waals surface area contributed by atoms with Gasteiger partial charge in [0.1, 0.15) is 12.4 Å². The molecule has 1 aromatic carbocycles. The summed E-state index contributed by atoms with van der Waals surface area (Å²) in [4.78, 5) is 2.02. The summed E-state index contributed by atoms with van der Waals surface area (Å²) in [6.07, 6.45) is 7.24. The second-order valence-electron chi connectivity index (χ2n) is 8.25. The largest absolute Gasteiger partial charge is 0.491 e. The molecule has 2 atom stereocenters. The van der Waals surface area contributed by atoms with Gasteiger partial charge in [-0.2, -0.15) is 0 Å². The number of nitrogens with one attached hydrogen (secondary N) is 1. The highest BCUT2D eigenvalue weighted by atomic mass is 32.2. The first-order valence-electron chi connectivity index (χ1n) is 11.3. The van der Waals surface area contributed by atoms with Crippen LogP contribution in [0.1, 0.15) is 52.2 Å². The zero-order chi connectivity index (χ0) is 25.9. The first kappa shape index (κ1) is 29.5. The number of hydrogen-bond acceptors (Lipinski definition) is 5. The third-order valence-electron chi connectivity index (χ3n) is 5.27. The zero-order valence-electron chi connectivity index (χ0n) is 21.1. The van der Waals surface area contributed by atoms with Crippen LogP contribution in [0.2, 0.25) is 0 Å². The number of halogens is 1. The summed E-state index contributed by atoms with van der Waals surface area (Å²) in [5, 5.41) is 13.2. The SMILES string of the molecule is C=C/C(=C\C=C(/C)C(C)(N)F)CNC(=C)c1cc(OC[C@H](O)CC)cc(C(=C)S/C(C)=C\C)c1. The van der Waals surface area contributed by atoms with Gasteiger partial charge in [0.15, 0.2) is 5.79 Å². The van der Waals surface area contributed by atoms with E-state index in [1.807, 2.05) is 45.0 Å². The van der Waals surface area contributed by atoms with Crippen LogP contribution in [0.3, 0.4) is 0 Å². The third-order valence-corrected chi connectivity index (χ3v) is 6.31. The molecule has 0 amide bonds. The van der Waals surface area contributed by atoms with Crippen LogP contribution in [0.5, 0.6) is 5.75 Å². The number of alkyl halides is 1. The van der Waals surface area contributed by atoms with Crippen LogP contribution in [0, 0.1) is 0 Å². The minimum atomic E-state index is -1.87. The Hall–Kier alpha value is -2.54. The normalized spacial score (nSPS) is 15.4. The standard InChI is InChI=1S/C28H39FN2O2S/c1-9-20(5)34-22(7)25-14-24(15-27(16-25)33-18-26(32)11-3)21(6)31-17-23(10-2)13-12-19(4)28(8,29)30/h9-10,12-16,26,31-32H,2,6-7,11,17-18,30H2,1,3-5,8H3/b19-12+,20-9-,23-13+/t26-,28?/m1/s1. The van der Waals surface area contributed by atoms with Crippen molar-refractivity contribution in [3.8, 4) is 5.75 Å². The van der Waals surface area contributed by atoms with Crippen LogP contribution in [-0.4, -0.2) is 30.2 Å². The molecule has 186 valence electrons. The second-order valence-corrected chi connectivity index (χ2v) is 9.59. The highest BCUT2D eigenvalue weighted by molar-refractivity contribution is 8.11.